The summed E-state index contributed by atoms with van der Waals surface area (Å²) in [6.07, 6.45) is 1.89. The number of rotatable bonds is 6. The van der Waals surface area contributed by atoms with Gasteiger partial charge in [-0.15, -0.1) is 0 Å². The molecule has 0 bridgehead atoms. The number of halogens is 1. The molecule has 1 unspecified atom stereocenters. The minimum Gasteiger partial charge on any atom is -0.493 e. The Kier molecular flexibility index (Phi) is 5.48. The van der Waals surface area contributed by atoms with E-state index in [1.54, 1.807) is 7.11 Å². The van der Waals surface area contributed by atoms with Gasteiger partial charge in [0.1, 0.15) is 0 Å². The van der Waals surface area contributed by atoms with Crippen LogP contribution in [0.25, 0.3) is 0 Å². The third kappa shape index (κ3) is 3.84. The van der Waals surface area contributed by atoms with Crippen molar-refractivity contribution < 1.29 is 14.2 Å². The van der Waals surface area contributed by atoms with Crippen LogP contribution in [0.5, 0.6) is 11.5 Å². The van der Waals surface area contributed by atoms with Gasteiger partial charge in [-0.3, -0.25) is 0 Å². The van der Waals surface area contributed by atoms with Crippen molar-refractivity contribution in [2.24, 2.45) is 11.7 Å². The molecule has 19 heavy (non-hydrogen) atoms. The second-order valence-corrected chi connectivity index (χ2v) is 5.54. The van der Waals surface area contributed by atoms with Gasteiger partial charge in [-0.05, 0) is 53.0 Å². The molecule has 4 nitrogen and oxygen atoms in total. The van der Waals surface area contributed by atoms with Crippen LogP contribution in [0.3, 0.4) is 0 Å². The minimum absolute atomic E-state index is 0.473. The fourth-order valence-corrected chi connectivity index (χ4v) is 2.74. The molecule has 1 aliphatic rings. The highest BCUT2D eigenvalue weighted by Gasteiger charge is 2.18. The van der Waals surface area contributed by atoms with Crippen LogP contribution in [0.2, 0.25) is 0 Å². The van der Waals surface area contributed by atoms with Gasteiger partial charge >= 0.3 is 0 Å². The number of benzene rings is 1. The molecule has 1 aromatic rings. The number of hydrogen-bond acceptors (Lipinski definition) is 4. The van der Waals surface area contributed by atoms with Crippen molar-refractivity contribution in [1.82, 2.24) is 0 Å². The molecule has 2 N–H and O–H groups in total. The molecule has 0 aliphatic carbocycles. The summed E-state index contributed by atoms with van der Waals surface area (Å²) in [4.78, 5) is 0. The van der Waals surface area contributed by atoms with Gasteiger partial charge in [-0.2, -0.15) is 0 Å². The van der Waals surface area contributed by atoms with Gasteiger partial charge < -0.3 is 19.9 Å². The van der Waals surface area contributed by atoms with Crippen molar-refractivity contribution in [3.8, 4) is 11.5 Å². The third-order valence-electron chi connectivity index (χ3n) is 3.21. The lowest BCUT2D eigenvalue weighted by Crippen LogP contribution is -2.12. The Labute approximate surface area is 122 Å². The standard InChI is InChI=1S/C14H20BrNO3/c1-17-13-7-10(2-4-16)6-12(15)14(13)19-9-11-3-5-18-8-11/h6-7,11H,2-5,8-9,16H2,1H3. The van der Waals surface area contributed by atoms with Gasteiger partial charge in [0.25, 0.3) is 0 Å². The van der Waals surface area contributed by atoms with Crippen molar-refractivity contribution in [1.29, 1.82) is 0 Å². The van der Waals surface area contributed by atoms with E-state index < -0.39 is 0 Å². The predicted molar refractivity (Wildman–Crippen MR) is 77.9 cm³/mol. The van der Waals surface area contributed by atoms with Crippen LogP contribution in [0.15, 0.2) is 16.6 Å². The Balaban J connectivity index is 2.09. The summed E-state index contributed by atoms with van der Waals surface area (Å²) in [7, 11) is 1.65. The average Bonchev–Trinajstić information content (AvgIpc) is 2.90. The molecule has 0 amide bonds. The lowest BCUT2D eigenvalue weighted by atomic mass is 10.1. The molecule has 1 atom stereocenters. The zero-order valence-electron chi connectivity index (χ0n) is 11.2. The Hall–Kier alpha value is -0.780. The first kappa shape index (κ1) is 14.6. The number of ether oxygens (including phenoxy) is 3. The normalized spacial score (nSPS) is 18.6. The zero-order valence-corrected chi connectivity index (χ0v) is 12.7. The van der Waals surface area contributed by atoms with Crippen LogP contribution < -0.4 is 15.2 Å². The van der Waals surface area contributed by atoms with Crippen molar-refractivity contribution >= 4 is 15.9 Å². The minimum atomic E-state index is 0.473. The van der Waals surface area contributed by atoms with E-state index in [2.05, 4.69) is 15.9 Å². The van der Waals surface area contributed by atoms with E-state index in [1.807, 2.05) is 12.1 Å². The second kappa shape index (κ2) is 7.12. The highest BCUT2D eigenvalue weighted by Crippen LogP contribution is 2.37. The highest BCUT2D eigenvalue weighted by molar-refractivity contribution is 9.10. The third-order valence-corrected chi connectivity index (χ3v) is 3.80. The van der Waals surface area contributed by atoms with E-state index in [9.17, 15) is 0 Å². The first-order valence-corrected chi connectivity index (χ1v) is 7.31. The molecule has 1 fully saturated rings. The largest absolute Gasteiger partial charge is 0.493 e. The van der Waals surface area contributed by atoms with Gasteiger partial charge in [0.2, 0.25) is 0 Å². The molecule has 0 spiro atoms. The zero-order chi connectivity index (χ0) is 13.7. The summed E-state index contributed by atoms with van der Waals surface area (Å²) >= 11 is 3.54. The fourth-order valence-electron chi connectivity index (χ4n) is 2.14. The summed E-state index contributed by atoms with van der Waals surface area (Å²) in [5.41, 5.74) is 6.72. The SMILES string of the molecule is COc1cc(CCN)cc(Br)c1OCC1CCOC1. The lowest BCUT2D eigenvalue weighted by Gasteiger charge is -2.16. The first-order valence-electron chi connectivity index (χ1n) is 6.51. The smallest absolute Gasteiger partial charge is 0.175 e. The Morgan fingerprint density at radius 2 is 2.32 bits per heavy atom. The molecule has 1 aliphatic heterocycles. The number of methoxy groups -OCH3 is 1. The van der Waals surface area contributed by atoms with E-state index in [-0.39, 0.29) is 0 Å². The van der Waals surface area contributed by atoms with Gasteiger partial charge in [0.15, 0.2) is 11.5 Å². The fraction of sp³-hybridized carbons (Fsp3) is 0.571. The quantitative estimate of drug-likeness (QED) is 0.870. The molecular formula is C14H20BrNO3. The van der Waals surface area contributed by atoms with E-state index in [1.165, 1.54) is 0 Å². The van der Waals surface area contributed by atoms with Crippen molar-refractivity contribution in [3.05, 3.63) is 22.2 Å². The summed E-state index contributed by atoms with van der Waals surface area (Å²) in [5.74, 6) is 1.98. The molecule has 1 heterocycles. The molecule has 2 rings (SSSR count). The maximum Gasteiger partial charge on any atom is 0.175 e. The summed E-state index contributed by atoms with van der Waals surface area (Å²) < 4.78 is 17.6. The Morgan fingerprint density at radius 3 is 2.95 bits per heavy atom. The van der Waals surface area contributed by atoms with Crippen molar-refractivity contribution in [3.63, 3.8) is 0 Å². The van der Waals surface area contributed by atoms with Crippen molar-refractivity contribution in [2.45, 2.75) is 12.8 Å². The Bertz CT molecular complexity index is 419. The molecule has 0 saturated carbocycles. The van der Waals surface area contributed by atoms with Crippen LogP contribution >= 0.6 is 15.9 Å². The van der Waals surface area contributed by atoms with Crippen LogP contribution in [-0.4, -0.2) is 33.5 Å². The van der Waals surface area contributed by atoms with E-state index in [4.69, 9.17) is 19.9 Å². The summed E-state index contributed by atoms with van der Waals surface area (Å²) in [6, 6.07) is 4.02. The highest BCUT2D eigenvalue weighted by atomic mass is 79.9. The molecule has 1 saturated heterocycles. The van der Waals surface area contributed by atoms with Crippen LogP contribution in [0.4, 0.5) is 0 Å². The van der Waals surface area contributed by atoms with E-state index in [0.717, 1.165) is 47.6 Å². The predicted octanol–water partition coefficient (Wildman–Crippen LogP) is 2.37. The molecule has 1 aromatic carbocycles. The topological polar surface area (TPSA) is 53.7 Å². The van der Waals surface area contributed by atoms with Gasteiger partial charge in [0, 0.05) is 12.5 Å². The Morgan fingerprint density at radius 1 is 1.47 bits per heavy atom. The molecule has 0 aromatic heterocycles. The van der Waals surface area contributed by atoms with Crippen LogP contribution in [-0.2, 0) is 11.2 Å². The van der Waals surface area contributed by atoms with Gasteiger partial charge in [0.05, 0.1) is 24.8 Å². The molecule has 5 heteroatoms. The average molecular weight is 330 g/mol. The second-order valence-electron chi connectivity index (χ2n) is 4.69. The van der Waals surface area contributed by atoms with Crippen molar-refractivity contribution in [2.75, 3.05) is 33.5 Å². The van der Waals surface area contributed by atoms with Gasteiger partial charge in [-0.1, -0.05) is 0 Å². The van der Waals surface area contributed by atoms with Crippen LogP contribution in [0.1, 0.15) is 12.0 Å². The van der Waals surface area contributed by atoms with E-state index in [0.29, 0.717) is 19.1 Å². The maximum absolute atomic E-state index is 5.89. The summed E-state index contributed by atoms with van der Waals surface area (Å²) in [5, 5.41) is 0. The summed E-state index contributed by atoms with van der Waals surface area (Å²) in [6.45, 7) is 2.90. The van der Waals surface area contributed by atoms with Crippen LogP contribution in [0, 0.1) is 5.92 Å². The number of nitrogens with two attached hydrogens (primary N) is 1. The first-order chi connectivity index (χ1) is 9.24. The molecule has 0 radical (unpaired) electrons. The van der Waals surface area contributed by atoms with Gasteiger partial charge in [-0.25, -0.2) is 0 Å². The number of hydrogen-bond donors (Lipinski definition) is 1. The van der Waals surface area contributed by atoms with E-state index >= 15 is 0 Å². The molecular weight excluding hydrogens is 310 g/mol. The lowest BCUT2D eigenvalue weighted by molar-refractivity contribution is 0.165. The molecule has 106 valence electrons. The monoisotopic (exact) mass is 329 g/mol. The maximum atomic E-state index is 5.89.